The zero-order chi connectivity index (χ0) is 13.7. The smallest absolute Gasteiger partial charge is 0.311 e. The van der Waals surface area contributed by atoms with Gasteiger partial charge in [0, 0.05) is 5.56 Å². The molecule has 7 heteroatoms. The molecule has 18 heavy (non-hydrogen) atoms. The molecule has 0 saturated heterocycles. The van der Waals surface area contributed by atoms with Crippen molar-refractivity contribution in [3.63, 3.8) is 0 Å². The summed E-state index contributed by atoms with van der Waals surface area (Å²) in [6, 6.07) is 2.56. The summed E-state index contributed by atoms with van der Waals surface area (Å²) in [5.41, 5.74) is 4.57. The van der Waals surface area contributed by atoms with Gasteiger partial charge in [-0.2, -0.15) is 5.26 Å². The van der Waals surface area contributed by atoms with E-state index in [1.54, 1.807) is 13.0 Å². The lowest BCUT2D eigenvalue weighted by Crippen LogP contribution is -2.11. The predicted octanol–water partition coefficient (Wildman–Crippen LogP) is 1.58. The number of halogens is 2. The van der Waals surface area contributed by atoms with Crippen LogP contribution in [0.3, 0.4) is 0 Å². The molecule has 0 bridgehead atoms. The number of carbonyl (C=O) groups is 1. The van der Waals surface area contributed by atoms with Crippen LogP contribution in [-0.2, 0) is 16.0 Å². The SMILES string of the molecule is CCOC(=O)Cc1cc(C(F)F)c(C#N)c(N)n1. The summed E-state index contributed by atoms with van der Waals surface area (Å²) in [6.45, 7) is 1.81. The van der Waals surface area contributed by atoms with Crippen molar-refractivity contribution in [1.82, 2.24) is 4.98 Å². The fraction of sp³-hybridized carbons (Fsp3) is 0.364. The van der Waals surface area contributed by atoms with E-state index >= 15 is 0 Å². The maximum absolute atomic E-state index is 12.7. The largest absolute Gasteiger partial charge is 0.466 e. The Hall–Kier alpha value is -2.23. The number of rotatable bonds is 4. The Labute approximate surface area is 102 Å². The second-order valence-electron chi connectivity index (χ2n) is 3.36. The van der Waals surface area contributed by atoms with Crippen LogP contribution in [0.5, 0.6) is 0 Å². The van der Waals surface area contributed by atoms with Crippen molar-refractivity contribution < 1.29 is 18.3 Å². The molecule has 0 aromatic carbocycles. The first-order valence-electron chi connectivity index (χ1n) is 5.12. The van der Waals surface area contributed by atoms with E-state index in [2.05, 4.69) is 9.72 Å². The first-order valence-corrected chi connectivity index (χ1v) is 5.12. The Morgan fingerprint density at radius 2 is 2.33 bits per heavy atom. The van der Waals surface area contributed by atoms with Crippen molar-refractivity contribution in [2.24, 2.45) is 0 Å². The first kappa shape index (κ1) is 13.8. The van der Waals surface area contributed by atoms with Gasteiger partial charge in [0.15, 0.2) is 0 Å². The molecule has 0 atom stereocenters. The summed E-state index contributed by atoms with van der Waals surface area (Å²) in [5, 5.41) is 8.71. The third-order valence-electron chi connectivity index (χ3n) is 2.11. The van der Waals surface area contributed by atoms with E-state index in [4.69, 9.17) is 11.0 Å². The molecule has 0 spiro atoms. The van der Waals surface area contributed by atoms with E-state index in [9.17, 15) is 13.6 Å². The molecule has 0 unspecified atom stereocenters. The van der Waals surface area contributed by atoms with Gasteiger partial charge >= 0.3 is 5.97 Å². The minimum absolute atomic E-state index is 0.0558. The molecule has 0 fully saturated rings. The number of nitriles is 1. The van der Waals surface area contributed by atoms with E-state index in [0.717, 1.165) is 6.07 Å². The number of anilines is 1. The molecule has 0 saturated carbocycles. The van der Waals surface area contributed by atoms with Gasteiger partial charge in [-0.1, -0.05) is 0 Å². The van der Waals surface area contributed by atoms with Crippen LogP contribution in [0, 0.1) is 11.3 Å². The number of alkyl halides is 2. The summed E-state index contributed by atoms with van der Waals surface area (Å²) in [5.74, 6) is -0.899. The zero-order valence-electron chi connectivity index (χ0n) is 9.61. The van der Waals surface area contributed by atoms with Gasteiger partial charge < -0.3 is 10.5 Å². The van der Waals surface area contributed by atoms with Crippen molar-refractivity contribution in [3.8, 4) is 6.07 Å². The average molecular weight is 255 g/mol. The molecule has 1 aromatic heterocycles. The van der Waals surface area contributed by atoms with Crippen molar-refractivity contribution in [2.45, 2.75) is 19.8 Å². The van der Waals surface area contributed by atoms with Gasteiger partial charge in [-0.3, -0.25) is 4.79 Å². The highest BCUT2D eigenvalue weighted by molar-refractivity contribution is 5.72. The fourth-order valence-electron chi connectivity index (χ4n) is 1.39. The number of nitrogens with two attached hydrogens (primary N) is 1. The molecule has 0 aliphatic heterocycles. The Balaban J connectivity index is 3.10. The molecule has 5 nitrogen and oxygen atoms in total. The number of ether oxygens (including phenoxy) is 1. The van der Waals surface area contributed by atoms with Crippen LogP contribution < -0.4 is 5.73 Å². The van der Waals surface area contributed by atoms with Crippen LogP contribution >= 0.6 is 0 Å². The quantitative estimate of drug-likeness (QED) is 0.825. The Bertz CT molecular complexity index is 498. The normalized spacial score (nSPS) is 10.2. The second kappa shape index (κ2) is 5.91. The third kappa shape index (κ3) is 3.13. The zero-order valence-corrected chi connectivity index (χ0v) is 9.61. The fourth-order valence-corrected chi connectivity index (χ4v) is 1.39. The maximum Gasteiger partial charge on any atom is 0.311 e. The second-order valence-corrected chi connectivity index (χ2v) is 3.36. The lowest BCUT2D eigenvalue weighted by atomic mass is 10.1. The molecule has 1 aromatic rings. The molecule has 1 heterocycles. The van der Waals surface area contributed by atoms with Crippen LogP contribution in [0.2, 0.25) is 0 Å². The number of nitrogen functional groups attached to an aromatic ring is 1. The van der Waals surface area contributed by atoms with Gasteiger partial charge in [-0.15, -0.1) is 0 Å². The van der Waals surface area contributed by atoms with Gasteiger partial charge in [-0.25, -0.2) is 13.8 Å². The van der Waals surface area contributed by atoms with Gasteiger partial charge in [0.1, 0.15) is 17.5 Å². The van der Waals surface area contributed by atoms with Gasteiger partial charge in [0.25, 0.3) is 6.43 Å². The number of hydrogen-bond acceptors (Lipinski definition) is 5. The Morgan fingerprint density at radius 3 is 2.83 bits per heavy atom. The Morgan fingerprint density at radius 1 is 1.67 bits per heavy atom. The van der Waals surface area contributed by atoms with Crippen molar-refractivity contribution in [3.05, 3.63) is 22.9 Å². The van der Waals surface area contributed by atoms with Crippen molar-refractivity contribution in [1.29, 1.82) is 5.26 Å². The van der Waals surface area contributed by atoms with E-state index in [-0.39, 0.29) is 30.1 Å². The highest BCUT2D eigenvalue weighted by atomic mass is 19.3. The number of nitrogens with zero attached hydrogens (tertiary/aromatic N) is 2. The summed E-state index contributed by atoms with van der Waals surface area (Å²) >= 11 is 0. The third-order valence-corrected chi connectivity index (χ3v) is 2.11. The highest BCUT2D eigenvalue weighted by Gasteiger charge is 2.19. The summed E-state index contributed by atoms with van der Waals surface area (Å²) in [7, 11) is 0. The van der Waals surface area contributed by atoms with Crippen molar-refractivity contribution >= 4 is 11.8 Å². The standard InChI is InChI=1S/C11H11F2N3O2/c1-2-18-9(17)4-6-3-7(10(12)13)8(5-14)11(15)16-6/h3,10H,2,4H2,1H3,(H2,15,16). The number of esters is 1. The molecular formula is C11H11F2N3O2. The monoisotopic (exact) mass is 255 g/mol. The average Bonchev–Trinajstić information content (AvgIpc) is 2.28. The van der Waals surface area contributed by atoms with Crippen LogP contribution in [0.15, 0.2) is 6.07 Å². The summed E-state index contributed by atoms with van der Waals surface area (Å²) in [4.78, 5) is 14.9. The first-order chi connectivity index (χ1) is 8.49. The lowest BCUT2D eigenvalue weighted by Gasteiger charge is -2.08. The number of hydrogen-bond donors (Lipinski definition) is 1. The van der Waals surface area contributed by atoms with E-state index in [0.29, 0.717) is 0 Å². The molecule has 0 radical (unpaired) electrons. The molecule has 96 valence electrons. The summed E-state index contributed by atoms with van der Waals surface area (Å²) in [6.07, 6.45) is -3.12. The maximum atomic E-state index is 12.7. The Kier molecular flexibility index (Phi) is 4.54. The lowest BCUT2D eigenvalue weighted by molar-refractivity contribution is -0.142. The van der Waals surface area contributed by atoms with E-state index in [1.807, 2.05) is 0 Å². The molecular weight excluding hydrogens is 244 g/mol. The van der Waals surface area contributed by atoms with E-state index < -0.39 is 18.0 Å². The predicted molar refractivity (Wildman–Crippen MR) is 58.7 cm³/mol. The molecule has 2 N–H and O–H groups in total. The van der Waals surface area contributed by atoms with Gasteiger partial charge in [0.2, 0.25) is 0 Å². The minimum atomic E-state index is -2.86. The molecule has 0 amide bonds. The molecule has 1 rings (SSSR count). The number of pyridine rings is 1. The minimum Gasteiger partial charge on any atom is -0.466 e. The van der Waals surface area contributed by atoms with Gasteiger partial charge in [0.05, 0.1) is 18.7 Å². The van der Waals surface area contributed by atoms with Crippen LogP contribution in [-0.4, -0.2) is 17.6 Å². The van der Waals surface area contributed by atoms with Crippen LogP contribution in [0.4, 0.5) is 14.6 Å². The number of aromatic nitrogens is 1. The van der Waals surface area contributed by atoms with Crippen molar-refractivity contribution in [2.75, 3.05) is 12.3 Å². The molecule has 0 aliphatic carbocycles. The topological polar surface area (TPSA) is 89.0 Å². The van der Waals surface area contributed by atoms with Crippen LogP contribution in [0.25, 0.3) is 0 Å². The van der Waals surface area contributed by atoms with E-state index in [1.165, 1.54) is 0 Å². The van der Waals surface area contributed by atoms with Gasteiger partial charge in [-0.05, 0) is 13.0 Å². The highest BCUT2D eigenvalue weighted by Crippen LogP contribution is 2.26. The summed E-state index contributed by atoms with van der Waals surface area (Å²) < 4.78 is 30.1. The molecule has 0 aliphatic rings. The number of carbonyl (C=O) groups excluding carboxylic acids is 1. The van der Waals surface area contributed by atoms with Crippen LogP contribution in [0.1, 0.15) is 30.2 Å².